The summed E-state index contributed by atoms with van der Waals surface area (Å²) in [6.45, 7) is 8.33. The first-order valence-electron chi connectivity index (χ1n) is 6.01. The van der Waals surface area contributed by atoms with Crippen LogP contribution in [0.4, 0.5) is 4.79 Å². The highest BCUT2D eigenvalue weighted by Crippen LogP contribution is 2.25. The molecule has 0 saturated carbocycles. The zero-order valence-corrected chi connectivity index (χ0v) is 11.2. The summed E-state index contributed by atoms with van der Waals surface area (Å²) in [6, 6.07) is -0.00773. The minimum Gasteiger partial charge on any atom is -0.504 e. The number of aromatic hydroxyl groups is 1. The fourth-order valence-corrected chi connectivity index (χ4v) is 1.95. The highest BCUT2D eigenvalue weighted by molar-refractivity contribution is 5.68. The van der Waals surface area contributed by atoms with E-state index >= 15 is 0 Å². The third-order valence-electron chi connectivity index (χ3n) is 2.84. The molecular weight excluding hydrogens is 234 g/mol. The Labute approximate surface area is 106 Å². The fourth-order valence-electron chi connectivity index (χ4n) is 1.95. The van der Waals surface area contributed by atoms with E-state index in [1.165, 1.54) is 6.20 Å². The molecule has 1 aliphatic rings. The number of carbonyl (C=O) groups excluding carboxylic acids is 1. The van der Waals surface area contributed by atoms with E-state index in [4.69, 9.17) is 4.74 Å². The number of rotatable bonds is 0. The molecule has 1 aromatic rings. The molecule has 100 valence electrons. The van der Waals surface area contributed by atoms with E-state index in [9.17, 15) is 9.90 Å². The van der Waals surface area contributed by atoms with Crippen molar-refractivity contribution in [1.82, 2.24) is 14.7 Å². The Morgan fingerprint density at radius 2 is 2.22 bits per heavy atom. The Morgan fingerprint density at radius 1 is 1.56 bits per heavy atom. The number of amides is 1. The molecule has 0 bridgehead atoms. The van der Waals surface area contributed by atoms with Crippen LogP contribution < -0.4 is 0 Å². The second-order valence-corrected chi connectivity index (χ2v) is 5.62. The van der Waals surface area contributed by atoms with Crippen molar-refractivity contribution in [2.45, 2.75) is 52.4 Å². The largest absolute Gasteiger partial charge is 0.504 e. The fraction of sp³-hybridized carbons (Fsp3) is 0.667. The van der Waals surface area contributed by atoms with Gasteiger partial charge in [0.2, 0.25) is 0 Å². The molecule has 1 aromatic heterocycles. The molecule has 1 amide bonds. The predicted molar refractivity (Wildman–Crippen MR) is 65.1 cm³/mol. The van der Waals surface area contributed by atoms with Crippen molar-refractivity contribution in [2.24, 2.45) is 0 Å². The average Bonchev–Trinajstić information content (AvgIpc) is 2.56. The number of ether oxygens (including phenoxy) is 1. The van der Waals surface area contributed by atoms with Crippen LogP contribution in [-0.4, -0.2) is 37.5 Å². The lowest BCUT2D eigenvalue weighted by molar-refractivity contribution is 0.00888. The lowest BCUT2D eigenvalue weighted by atomic mass is 10.2. The highest BCUT2D eigenvalue weighted by atomic mass is 16.6. The lowest BCUT2D eigenvalue weighted by Gasteiger charge is -2.35. The van der Waals surface area contributed by atoms with Crippen LogP contribution in [0.5, 0.6) is 5.75 Å². The topological polar surface area (TPSA) is 67.6 Å². The first-order valence-corrected chi connectivity index (χ1v) is 6.01. The van der Waals surface area contributed by atoms with E-state index in [1.807, 2.05) is 27.7 Å². The van der Waals surface area contributed by atoms with Crippen molar-refractivity contribution in [2.75, 3.05) is 0 Å². The Hall–Kier alpha value is -1.72. The quantitative estimate of drug-likeness (QED) is 0.764. The molecule has 0 fully saturated rings. The molecule has 18 heavy (non-hydrogen) atoms. The Morgan fingerprint density at radius 3 is 2.83 bits per heavy atom. The van der Waals surface area contributed by atoms with E-state index in [-0.39, 0.29) is 17.9 Å². The lowest BCUT2D eigenvalue weighted by Crippen LogP contribution is -2.46. The third kappa shape index (κ3) is 2.42. The summed E-state index contributed by atoms with van der Waals surface area (Å²) in [6.07, 6.45) is 1.04. The second-order valence-electron chi connectivity index (χ2n) is 5.62. The number of aromatic nitrogens is 2. The predicted octanol–water partition coefficient (Wildman–Crippen LogP) is 1.73. The standard InChI is InChI=1S/C12H19N3O3/c1-8-6-15-9(10(16)5-13-15)7-14(8)11(17)18-12(2,3)4/h5,8,16H,6-7H2,1-4H3/t8-/m0/s1. The van der Waals surface area contributed by atoms with Gasteiger partial charge in [0.25, 0.3) is 0 Å². The van der Waals surface area contributed by atoms with Crippen molar-refractivity contribution in [3.05, 3.63) is 11.9 Å². The zero-order chi connectivity index (χ0) is 13.5. The summed E-state index contributed by atoms with van der Waals surface area (Å²) in [4.78, 5) is 13.7. The molecule has 0 spiro atoms. The van der Waals surface area contributed by atoms with Gasteiger partial charge in [-0.1, -0.05) is 0 Å². The van der Waals surface area contributed by atoms with Crippen LogP contribution in [0.15, 0.2) is 6.20 Å². The molecule has 6 nitrogen and oxygen atoms in total. The third-order valence-corrected chi connectivity index (χ3v) is 2.84. The minimum absolute atomic E-state index is 0.00773. The van der Waals surface area contributed by atoms with Gasteiger partial charge in [-0.05, 0) is 27.7 Å². The van der Waals surface area contributed by atoms with E-state index in [1.54, 1.807) is 9.58 Å². The van der Waals surface area contributed by atoms with Gasteiger partial charge < -0.3 is 9.84 Å². The number of carbonyl (C=O) groups is 1. The molecule has 2 heterocycles. The van der Waals surface area contributed by atoms with Gasteiger partial charge in [-0.25, -0.2) is 4.79 Å². The van der Waals surface area contributed by atoms with Crippen LogP contribution in [0, 0.1) is 0 Å². The average molecular weight is 253 g/mol. The first-order chi connectivity index (χ1) is 8.28. The molecule has 1 atom stereocenters. The van der Waals surface area contributed by atoms with Crippen molar-refractivity contribution in [3.63, 3.8) is 0 Å². The van der Waals surface area contributed by atoms with Gasteiger partial charge in [-0.2, -0.15) is 5.10 Å². The molecule has 0 aromatic carbocycles. The summed E-state index contributed by atoms with van der Waals surface area (Å²) in [5.74, 6) is 0.121. The molecule has 0 saturated heterocycles. The van der Waals surface area contributed by atoms with E-state index in [0.29, 0.717) is 18.8 Å². The molecule has 1 N–H and O–H groups in total. The smallest absolute Gasteiger partial charge is 0.410 e. The minimum atomic E-state index is -0.517. The van der Waals surface area contributed by atoms with Crippen LogP contribution in [-0.2, 0) is 17.8 Å². The maximum absolute atomic E-state index is 12.1. The van der Waals surface area contributed by atoms with Crippen LogP contribution in [0.25, 0.3) is 0 Å². The van der Waals surface area contributed by atoms with Gasteiger partial charge >= 0.3 is 6.09 Å². The van der Waals surface area contributed by atoms with Gasteiger partial charge in [0.1, 0.15) is 5.60 Å². The van der Waals surface area contributed by atoms with Crippen molar-refractivity contribution < 1.29 is 14.6 Å². The summed E-state index contributed by atoms with van der Waals surface area (Å²) in [5, 5.41) is 13.7. The number of fused-ring (bicyclic) bond motifs is 1. The van der Waals surface area contributed by atoms with Gasteiger partial charge in [0.05, 0.1) is 31.0 Å². The van der Waals surface area contributed by atoms with Crippen LogP contribution >= 0.6 is 0 Å². The van der Waals surface area contributed by atoms with E-state index in [0.717, 1.165) is 0 Å². The van der Waals surface area contributed by atoms with Crippen molar-refractivity contribution >= 4 is 6.09 Å². The van der Waals surface area contributed by atoms with Crippen LogP contribution in [0.1, 0.15) is 33.4 Å². The summed E-state index contributed by atoms with van der Waals surface area (Å²) in [5.41, 5.74) is 0.134. The maximum Gasteiger partial charge on any atom is 0.410 e. The number of hydrogen-bond donors (Lipinski definition) is 1. The summed E-state index contributed by atoms with van der Waals surface area (Å²) in [7, 11) is 0. The molecule has 2 rings (SSSR count). The van der Waals surface area contributed by atoms with Crippen LogP contribution in [0.3, 0.4) is 0 Å². The Balaban J connectivity index is 2.16. The SMILES string of the molecule is C[C@H]1Cn2ncc(O)c2CN1C(=O)OC(C)(C)C. The van der Waals surface area contributed by atoms with E-state index in [2.05, 4.69) is 5.10 Å². The van der Waals surface area contributed by atoms with Crippen molar-refractivity contribution in [1.29, 1.82) is 0 Å². The monoisotopic (exact) mass is 253 g/mol. The Kier molecular flexibility index (Phi) is 2.96. The summed E-state index contributed by atoms with van der Waals surface area (Å²) >= 11 is 0. The van der Waals surface area contributed by atoms with Gasteiger partial charge in [0, 0.05) is 0 Å². The molecule has 0 radical (unpaired) electrons. The number of hydrogen-bond acceptors (Lipinski definition) is 4. The van der Waals surface area contributed by atoms with E-state index < -0.39 is 5.60 Å². The normalized spacial score (nSPS) is 19.6. The first kappa shape index (κ1) is 12.7. The Bertz CT molecular complexity index is 462. The van der Waals surface area contributed by atoms with Crippen LogP contribution in [0.2, 0.25) is 0 Å². The van der Waals surface area contributed by atoms with Gasteiger partial charge in [-0.15, -0.1) is 0 Å². The summed E-state index contributed by atoms with van der Waals surface area (Å²) < 4.78 is 7.08. The van der Waals surface area contributed by atoms with Gasteiger partial charge in [-0.3, -0.25) is 9.58 Å². The second kappa shape index (κ2) is 4.19. The van der Waals surface area contributed by atoms with Gasteiger partial charge in [0.15, 0.2) is 5.75 Å². The molecular formula is C12H19N3O3. The van der Waals surface area contributed by atoms with Crippen molar-refractivity contribution in [3.8, 4) is 5.75 Å². The molecule has 6 heteroatoms. The number of nitrogens with zero attached hydrogens (tertiary/aromatic N) is 3. The highest BCUT2D eigenvalue weighted by Gasteiger charge is 2.32. The molecule has 0 unspecified atom stereocenters. The molecule has 1 aliphatic heterocycles. The maximum atomic E-state index is 12.1. The molecule has 0 aliphatic carbocycles. The zero-order valence-electron chi connectivity index (χ0n) is 11.2.